The van der Waals surface area contributed by atoms with Crippen LogP contribution >= 0.6 is 0 Å². The standard InChI is InChI=1S/C26H18N2O6/c29-25(30)23-21(14-5-1-3-7-16(14)27-23)20(13-9-10-18-19(11-13)34-12-33-18)22-15-6-2-4-8-17(15)28-24(22)26(31)32/h1-11,20,27-28H,12H2,(H,29,30)(H,31,32). The van der Waals surface area contributed by atoms with Gasteiger partial charge in [0.05, 0.1) is 0 Å². The van der Waals surface area contributed by atoms with Crippen molar-refractivity contribution in [3.8, 4) is 11.5 Å². The van der Waals surface area contributed by atoms with E-state index < -0.39 is 17.9 Å². The molecule has 0 fully saturated rings. The number of aromatic carboxylic acids is 2. The van der Waals surface area contributed by atoms with Gasteiger partial charge >= 0.3 is 11.9 Å². The van der Waals surface area contributed by atoms with Gasteiger partial charge in [-0.3, -0.25) is 0 Å². The Bertz CT molecular complexity index is 1520. The second kappa shape index (κ2) is 7.41. The summed E-state index contributed by atoms with van der Waals surface area (Å²) >= 11 is 0. The minimum Gasteiger partial charge on any atom is -0.477 e. The van der Waals surface area contributed by atoms with Crippen molar-refractivity contribution >= 4 is 33.7 Å². The third kappa shape index (κ3) is 2.92. The molecular weight excluding hydrogens is 436 g/mol. The van der Waals surface area contributed by atoms with Crippen molar-refractivity contribution < 1.29 is 29.3 Å². The van der Waals surface area contributed by atoms with Gasteiger partial charge in [0.15, 0.2) is 11.5 Å². The van der Waals surface area contributed by atoms with E-state index in [2.05, 4.69) is 9.97 Å². The number of H-pyrrole nitrogens is 2. The summed E-state index contributed by atoms with van der Waals surface area (Å²) < 4.78 is 11.0. The summed E-state index contributed by atoms with van der Waals surface area (Å²) in [5.41, 5.74) is 2.96. The maximum absolute atomic E-state index is 12.4. The summed E-state index contributed by atoms with van der Waals surface area (Å²) in [6.45, 7) is 0.0877. The Morgan fingerprint density at radius 1 is 0.735 bits per heavy atom. The number of fused-ring (bicyclic) bond motifs is 3. The van der Waals surface area contributed by atoms with E-state index in [0.29, 0.717) is 50.0 Å². The molecular formula is C26H18N2O6. The van der Waals surface area contributed by atoms with Gasteiger partial charge in [-0.15, -0.1) is 0 Å². The summed E-state index contributed by atoms with van der Waals surface area (Å²) in [6, 6.07) is 19.9. The van der Waals surface area contributed by atoms with Gasteiger partial charge in [0, 0.05) is 38.9 Å². The molecule has 5 aromatic rings. The number of rotatable bonds is 5. The van der Waals surface area contributed by atoms with Crippen LogP contribution < -0.4 is 9.47 Å². The van der Waals surface area contributed by atoms with Crippen LogP contribution in [0, 0.1) is 0 Å². The average molecular weight is 454 g/mol. The summed E-state index contributed by atoms with van der Waals surface area (Å²) in [5, 5.41) is 21.6. The van der Waals surface area contributed by atoms with E-state index >= 15 is 0 Å². The van der Waals surface area contributed by atoms with Crippen molar-refractivity contribution in [2.24, 2.45) is 0 Å². The molecule has 0 aliphatic carbocycles. The van der Waals surface area contributed by atoms with Crippen LogP contribution in [0.3, 0.4) is 0 Å². The Morgan fingerprint density at radius 3 is 1.82 bits per heavy atom. The molecule has 0 radical (unpaired) electrons. The predicted molar refractivity (Wildman–Crippen MR) is 124 cm³/mol. The molecule has 0 amide bonds. The van der Waals surface area contributed by atoms with Gasteiger partial charge in [0.1, 0.15) is 11.4 Å². The van der Waals surface area contributed by atoms with Crippen LogP contribution in [0.15, 0.2) is 66.7 Å². The fourth-order valence-electron chi connectivity index (χ4n) is 4.83. The SMILES string of the molecule is O=C(O)c1[nH]c2ccccc2c1C(c1ccc2c(c1)OCO2)c1c(C(=O)O)[nH]c2ccccc12. The van der Waals surface area contributed by atoms with Crippen LogP contribution in [0.1, 0.15) is 43.6 Å². The molecule has 3 heterocycles. The third-order valence-electron chi connectivity index (χ3n) is 6.23. The number of hydrogen-bond donors (Lipinski definition) is 4. The number of ether oxygens (including phenoxy) is 2. The Kier molecular flexibility index (Phi) is 4.35. The first kappa shape index (κ1) is 19.9. The van der Waals surface area contributed by atoms with Gasteiger partial charge in [-0.1, -0.05) is 42.5 Å². The molecule has 2 aromatic heterocycles. The zero-order chi connectivity index (χ0) is 23.4. The van der Waals surface area contributed by atoms with Gasteiger partial charge in [-0.25, -0.2) is 9.59 Å². The number of hydrogen-bond acceptors (Lipinski definition) is 4. The van der Waals surface area contributed by atoms with Crippen molar-refractivity contribution in [3.63, 3.8) is 0 Å². The van der Waals surface area contributed by atoms with Crippen LogP contribution in [0.25, 0.3) is 21.8 Å². The minimum absolute atomic E-state index is 0.00508. The average Bonchev–Trinajstić information content (AvgIpc) is 3.55. The minimum atomic E-state index is -1.13. The monoisotopic (exact) mass is 454 g/mol. The lowest BCUT2D eigenvalue weighted by Gasteiger charge is -2.20. The number of carboxylic acid groups (broad SMARTS) is 2. The molecule has 0 spiro atoms. The quantitative estimate of drug-likeness (QED) is 0.298. The molecule has 4 N–H and O–H groups in total. The van der Waals surface area contributed by atoms with Crippen molar-refractivity contribution in [2.75, 3.05) is 6.79 Å². The molecule has 1 aliphatic heterocycles. The van der Waals surface area contributed by atoms with E-state index in [1.807, 2.05) is 42.5 Å². The van der Waals surface area contributed by atoms with Gasteiger partial charge in [0.2, 0.25) is 6.79 Å². The molecule has 0 atom stereocenters. The molecule has 0 saturated heterocycles. The van der Waals surface area contributed by atoms with Gasteiger partial charge in [0.25, 0.3) is 0 Å². The molecule has 8 nitrogen and oxygen atoms in total. The summed E-state index contributed by atoms with van der Waals surface area (Å²) in [7, 11) is 0. The van der Waals surface area contributed by atoms with Gasteiger partial charge < -0.3 is 29.7 Å². The normalized spacial score (nSPS) is 12.6. The van der Waals surface area contributed by atoms with Crippen molar-refractivity contribution in [1.29, 1.82) is 0 Å². The molecule has 0 bridgehead atoms. The highest BCUT2D eigenvalue weighted by Crippen LogP contribution is 2.45. The van der Waals surface area contributed by atoms with Crippen molar-refractivity contribution in [1.82, 2.24) is 9.97 Å². The smallest absolute Gasteiger partial charge is 0.352 e. The third-order valence-corrected chi connectivity index (χ3v) is 6.23. The van der Waals surface area contributed by atoms with E-state index in [9.17, 15) is 19.8 Å². The lowest BCUT2D eigenvalue weighted by Crippen LogP contribution is -2.13. The molecule has 1 aliphatic rings. The first-order valence-electron chi connectivity index (χ1n) is 10.6. The maximum atomic E-state index is 12.4. The van der Waals surface area contributed by atoms with Crippen molar-refractivity contribution in [3.05, 3.63) is 94.8 Å². The Labute approximate surface area is 192 Å². The predicted octanol–water partition coefficient (Wildman–Crippen LogP) is 4.95. The van der Waals surface area contributed by atoms with Crippen LogP contribution in [-0.4, -0.2) is 38.9 Å². The zero-order valence-corrected chi connectivity index (χ0v) is 17.7. The fourth-order valence-corrected chi connectivity index (χ4v) is 4.83. The number of aromatic amines is 2. The van der Waals surface area contributed by atoms with E-state index in [0.717, 1.165) is 0 Å². The van der Waals surface area contributed by atoms with E-state index in [1.165, 1.54) is 0 Å². The molecule has 6 rings (SSSR count). The lowest BCUT2D eigenvalue weighted by atomic mass is 9.81. The number of carboxylic acids is 2. The molecule has 168 valence electrons. The second-order valence-electron chi connectivity index (χ2n) is 8.07. The van der Waals surface area contributed by atoms with Crippen LogP contribution in [0.2, 0.25) is 0 Å². The number of para-hydroxylation sites is 2. The highest BCUT2D eigenvalue weighted by atomic mass is 16.7. The largest absolute Gasteiger partial charge is 0.477 e. The number of benzene rings is 3. The first-order valence-corrected chi connectivity index (χ1v) is 10.6. The highest BCUT2D eigenvalue weighted by molar-refractivity contribution is 6.02. The lowest BCUT2D eigenvalue weighted by molar-refractivity contribution is 0.0681. The first-order chi connectivity index (χ1) is 16.5. The molecule has 0 saturated carbocycles. The second-order valence-corrected chi connectivity index (χ2v) is 8.07. The number of aromatic nitrogens is 2. The molecule has 0 unspecified atom stereocenters. The van der Waals surface area contributed by atoms with Gasteiger partial charge in [-0.05, 0) is 29.8 Å². The van der Waals surface area contributed by atoms with E-state index in [4.69, 9.17) is 9.47 Å². The maximum Gasteiger partial charge on any atom is 0.352 e. The topological polar surface area (TPSA) is 125 Å². The number of carbonyl (C=O) groups is 2. The highest BCUT2D eigenvalue weighted by Gasteiger charge is 2.33. The fraction of sp³-hybridized carbons (Fsp3) is 0.0769. The Balaban J connectivity index is 1.75. The zero-order valence-electron chi connectivity index (χ0n) is 17.7. The molecule has 34 heavy (non-hydrogen) atoms. The van der Waals surface area contributed by atoms with Crippen LogP contribution in [-0.2, 0) is 0 Å². The van der Waals surface area contributed by atoms with Crippen LogP contribution in [0.4, 0.5) is 0 Å². The summed E-state index contributed by atoms with van der Waals surface area (Å²) in [4.78, 5) is 30.8. The summed E-state index contributed by atoms with van der Waals surface area (Å²) in [6.07, 6.45) is 0. The van der Waals surface area contributed by atoms with Crippen molar-refractivity contribution in [2.45, 2.75) is 5.92 Å². The molecule has 3 aromatic carbocycles. The Hall–Kier alpha value is -4.72. The molecule has 8 heteroatoms. The van der Waals surface area contributed by atoms with E-state index in [-0.39, 0.29) is 18.2 Å². The van der Waals surface area contributed by atoms with Gasteiger partial charge in [-0.2, -0.15) is 0 Å². The number of nitrogens with one attached hydrogen (secondary N) is 2. The Morgan fingerprint density at radius 2 is 1.26 bits per heavy atom. The summed E-state index contributed by atoms with van der Waals surface area (Å²) in [5.74, 6) is -1.88. The van der Waals surface area contributed by atoms with E-state index in [1.54, 1.807) is 24.3 Å². The van der Waals surface area contributed by atoms with Crippen LogP contribution in [0.5, 0.6) is 11.5 Å².